The highest BCUT2D eigenvalue weighted by Crippen LogP contribution is 2.40. The van der Waals surface area contributed by atoms with Crippen LogP contribution in [0.5, 0.6) is 0 Å². The van der Waals surface area contributed by atoms with Gasteiger partial charge >= 0.3 is 0 Å². The van der Waals surface area contributed by atoms with Crippen LogP contribution in [0.4, 0.5) is 0 Å². The Hall–Kier alpha value is -1.74. The second-order valence-corrected chi connectivity index (χ2v) is 12.2. The molecule has 2 aromatic rings. The van der Waals surface area contributed by atoms with E-state index >= 15 is 0 Å². The van der Waals surface area contributed by atoms with Crippen molar-refractivity contribution < 1.29 is 9.59 Å². The van der Waals surface area contributed by atoms with Gasteiger partial charge in [-0.15, -0.1) is 0 Å². The Bertz CT molecular complexity index is 994. The van der Waals surface area contributed by atoms with Crippen LogP contribution in [0.2, 0.25) is 0 Å². The number of nitrogens with one attached hydrogen (secondary N) is 1. The Morgan fingerprint density at radius 2 is 1.88 bits per heavy atom. The van der Waals surface area contributed by atoms with Crippen molar-refractivity contribution in [2.24, 2.45) is 5.73 Å². The molecule has 1 unspecified atom stereocenters. The quantitative estimate of drug-likeness (QED) is 0.655. The molecule has 2 heterocycles. The van der Waals surface area contributed by atoms with Crippen LogP contribution >= 0.6 is 21.6 Å². The SMILES string of the molecule is CC1CN(C(=O)c2cccc3ccccc23)CCN1C(=O)[C@H]1NC[C@@H](N)CSSC1(C)C. The molecule has 0 spiro atoms. The first-order valence-corrected chi connectivity index (χ1v) is 13.5. The monoisotopic (exact) mass is 472 g/mol. The van der Waals surface area contributed by atoms with Gasteiger partial charge in [0.1, 0.15) is 6.04 Å². The number of carbonyl (C=O) groups is 2. The summed E-state index contributed by atoms with van der Waals surface area (Å²) in [6, 6.07) is 13.5. The zero-order chi connectivity index (χ0) is 22.9. The van der Waals surface area contributed by atoms with Crippen molar-refractivity contribution in [3.8, 4) is 0 Å². The van der Waals surface area contributed by atoms with E-state index in [1.54, 1.807) is 21.6 Å². The first-order valence-electron chi connectivity index (χ1n) is 11.1. The fraction of sp³-hybridized carbons (Fsp3) is 0.500. The Balaban J connectivity index is 1.48. The number of benzene rings is 2. The van der Waals surface area contributed by atoms with Crippen LogP contribution in [0.25, 0.3) is 10.8 Å². The van der Waals surface area contributed by atoms with E-state index in [1.807, 2.05) is 59.2 Å². The number of hydrogen-bond acceptors (Lipinski definition) is 6. The lowest BCUT2D eigenvalue weighted by Crippen LogP contribution is -2.63. The summed E-state index contributed by atoms with van der Waals surface area (Å²) in [4.78, 5) is 30.7. The summed E-state index contributed by atoms with van der Waals surface area (Å²) < 4.78 is -0.252. The molecule has 172 valence electrons. The molecule has 3 atom stereocenters. The largest absolute Gasteiger partial charge is 0.335 e. The Morgan fingerprint density at radius 3 is 2.66 bits per heavy atom. The van der Waals surface area contributed by atoms with Crippen LogP contribution in [0.15, 0.2) is 42.5 Å². The van der Waals surface area contributed by atoms with Gasteiger partial charge in [0.05, 0.1) is 0 Å². The van der Waals surface area contributed by atoms with Crippen molar-refractivity contribution in [3.63, 3.8) is 0 Å². The topological polar surface area (TPSA) is 78.7 Å². The van der Waals surface area contributed by atoms with E-state index in [0.717, 1.165) is 22.1 Å². The zero-order valence-electron chi connectivity index (χ0n) is 18.9. The van der Waals surface area contributed by atoms with Gasteiger partial charge in [0, 0.05) is 54.3 Å². The predicted octanol–water partition coefficient (Wildman–Crippen LogP) is 2.97. The van der Waals surface area contributed by atoms with E-state index < -0.39 is 0 Å². The second kappa shape index (κ2) is 9.63. The number of nitrogens with two attached hydrogens (primary N) is 1. The number of rotatable bonds is 2. The molecule has 0 aliphatic carbocycles. The maximum atomic E-state index is 13.6. The molecule has 2 saturated heterocycles. The third kappa shape index (κ3) is 4.78. The summed E-state index contributed by atoms with van der Waals surface area (Å²) in [5.41, 5.74) is 6.86. The van der Waals surface area contributed by atoms with E-state index in [2.05, 4.69) is 19.2 Å². The Labute approximate surface area is 198 Å². The highest BCUT2D eigenvalue weighted by atomic mass is 33.1. The smallest absolute Gasteiger partial charge is 0.254 e. The van der Waals surface area contributed by atoms with Crippen molar-refractivity contribution in [2.45, 2.75) is 43.6 Å². The molecule has 4 rings (SSSR count). The molecule has 2 aliphatic rings. The standard InChI is InChI=1S/C24H32N4O2S2/c1-16-14-27(22(29)20-10-6-8-17-7-4-5-9-19(17)20)11-12-28(16)23(30)21-24(2,3)32-31-15-18(25)13-26-21/h4-10,16,18,21,26H,11-15,25H2,1-3H3/t16?,18-,21-/m1/s1. The van der Waals surface area contributed by atoms with Crippen molar-refractivity contribution >= 4 is 44.2 Å². The third-order valence-corrected chi connectivity index (χ3v) is 9.70. The summed E-state index contributed by atoms with van der Waals surface area (Å²) in [5.74, 6) is 0.998. The average molecular weight is 473 g/mol. The first kappa shape index (κ1) is 23.4. The molecule has 32 heavy (non-hydrogen) atoms. The molecule has 8 heteroatoms. The van der Waals surface area contributed by atoms with E-state index in [-0.39, 0.29) is 34.7 Å². The lowest BCUT2D eigenvalue weighted by molar-refractivity contribution is -0.138. The summed E-state index contributed by atoms with van der Waals surface area (Å²) in [5, 5.41) is 5.46. The van der Waals surface area contributed by atoms with Crippen LogP contribution in [-0.2, 0) is 4.79 Å². The highest BCUT2D eigenvalue weighted by molar-refractivity contribution is 8.77. The molecule has 2 fully saturated rings. The number of hydrogen-bond donors (Lipinski definition) is 2. The highest BCUT2D eigenvalue weighted by Gasteiger charge is 2.42. The minimum absolute atomic E-state index is 0.0306. The van der Waals surface area contributed by atoms with Crippen molar-refractivity contribution in [2.75, 3.05) is 31.9 Å². The van der Waals surface area contributed by atoms with Gasteiger partial charge in [-0.2, -0.15) is 0 Å². The number of piperazine rings is 1. The molecular weight excluding hydrogens is 440 g/mol. The minimum atomic E-state index is -0.311. The van der Waals surface area contributed by atoms with E-state index in [4.69, 9.17) is 5.73 Å². The molecular formula is C24H32N4O2S2. The average Bonchev–Trinajstić information content (AvgIpc) is 2.77. The number of nitrogens with zero attached hydrogens (tertiary/aromatic N) is 2. The van der Waals surface area contributed by atoms with Crippen LogP contribution in [0, 0.1) is 0 Å². The maximum absolute atomic E-state index is 13.6. The van der Waals surface area contributed by atoms with Crippen molar-refractivity contribution in [3.05, 3.63) is 48.0 Å². The first-order chi connectivity index (χ1) is 15.3. The predicted molar refractivity (Wildman–Crippen MR) is 135 cm³/mol. The molecule has 3 N–H and O–H groups in total. The van der Waals surface area contributed by atoms with Gasteiger partial charge in [0.15, 0.2) is 0 Å². The molecule has 2 amide bonds. The molecule has 0 saturated carbocycles. The van der Waals surface area contributed by atoms with Crippen LogP contribution < -0.4 is 11.1 Å². The van der Waals surface area contributed by atoms with Crippen molar-refractivity contribution in [1.29, 1.82) is 0 Å². The summed E-state index contributed by atoms with van der Waals surface area (Å²) >= 11 is 0. The molecule has 2 aromatic carbocycles. The fourth-order valence-corrected chi connectivity index (χ4v) is 7.37. The Morgan fingerprint density at radius 1 is 1.12 bits per heavy atom. The molecule has 2 aliphatic heterocycles. The fourth-order valence-electron chi connectivity index (χ4n) is 4.50. The summed E-state index contributed by atoms with van der Waals surface area (Å²) in [6.45, 7) is 8.49. The number of carbonyl (C=O) groups excluding carboxylic acids is 2. The zero-order valence-corrected chi connectivity index (χ0v) is 20.5. The minimum Gasteiger partial charge on any atom is -0.335 e. The van der Waals surface area contributed by atoms with Crippen molar-refractivity contribution in [1.82, 2.24) is 15.1 Å². The van der Waals surface area contributed by atoms with Crippen LogP contribution in [0.1, 0.15) is 31.1 Å². The van der Waals surface area contributed by atoms with Gasteiger partial charge in [-0.3, -0.25) is 9.59 Å². The molecule has 0 aromatic heterocycles. The van der Waals surface area contributed by atoms with Gasteiger partial charge in [-0.25, -0.2) is 0 Å². The van der Waals surface area contributed by atoms with Crippen LogP contribution in [-0.4, -0.2) is 76.4 Å². The third-order valence-electron chi connectivity index (χ3n) is 6.30. The van der Waals surface area contributed by atoms with Crippen LogP contribution in [0.3, 0.4) is 0 Å². The number of fused-ring (bicyclic) bond motifs is 1. The number of amides is 2. The lowest BCUT2D eigenvalue weighted by Gasteiger charge is -2.44. The van der Waals surface area contributed by atoms with Gasteiger partial charge in [0.2, 0.25) is 5.91 Å². The molecule has 0 bridgehead atoms. The van der Waals surface area contributed by atoms with Gasteiger partial charge in [-0.1, -0.05) is 58.0 Å². The van der Waals surface area contributed by atoms with Gasteiger partial charge < -0.3 is 20.9 Å². The Kier molecular flexibility index (Phi) is 7.05. The van der Waals surface area contributed by atoms with Gasteiger partial charge in [0.25, 0.3) is 5.91 Å². The maximum Gasteiger partial charge on any atom is 0.254 e. The lowest BCUT2D eigenvalue weighted by atomic mass is 9.99. The van der Waals surface area contributed by atoms with E-state index in [0.29, 0.717) is 26.2 Å². The second-order valence-electron chi connectivity index (χ2n) is 9.23. The van der Waals surface area contributed by atoms with E-state index in [1.165, 1.54) is 0 Å². The molecule has 6 nitrogen and oxygen atoms in total. The summed E-state index contributed by atoms with van der Waals surface area (Å²) in [6.07, 6.45) is 0. The molecule has 0 radical (unpaired) electrons. The summed E-state index contributed by atoms with van der Waals surface area (Å²) in [7, 11) is 3.47. The normalized spacial score (nSPS) is 26.4. The van der Waals surface area contributed by atoms with E-state index in [9.17, 15) is 9.59 Å². The van der Waals surface area contributed by atoms with Gasteiger partial charge in [-0.05, 0) is 37.6 Å².